The molecule has 2 aromatic rings. The molecular formula is C21H31FIN5OS. The number of rotatable bonds is 8. The van der Waals surface area contributed by atoms with Crippen molar-refractivity contribution in [2.45, 2.75) is 26.3 Å². The minimum absolute atomic E-state index is 0. The minimum atomic E-state index is -0.217. The van der Waals surface area contributed by atoms with Crippen LogP contribution in [-0.4, -0.2) is 61.8 Å². The molecule has 0 bridgehead atoms. The second-order valence-corrected chi connectivity index (χ2v) is 8.30. The Labute approximate surface area is 199 Å². The van der Waals surface area contributed by atoms with E-state index < -0.39 is 0 Å². The van der Waals surface area contributed by atoms with Gasteiger partial charge in [0.2, 0.25) is 0 Å². The predicted octanol–water partition coefficient (Wildman–Crippen LogP) is 3.38. The van der Waals surface area contributed by atoms with Crippen molar-refractivity contribution in [3.05, 3.63) is 51.7 Å². The number of aryl methyl sites for hydroxylation is 1. The molecule has 0 amide bonds. The topological polar surface area (TPSA) is 61.8 Å². The summed E-state index contributed by atoms with van der Waals surface area (Å²) in [7, 11) is 0. The van der Waals surface area contributed by atoms with Crippen LogP contribution in [-0.2, 0) is 11.2 Å². The molecule has 1 fully saturated rings. The van der Waals surface area contributed by atoms with E-state index in [-0.39, 0.29) is 35.8 Å². The van der Waals surface area contributed by atoms with E-state index in [2.05, 4.69) is 34.4 Å². The Hall–Kier alpha value is -1.30. The highest BCUT2D eigenvalue weighted by Gasteiger charge is 2.22. The van der Waals surface area contributed by atoms with Crippen molar-refractivity contribution in [2.24, 2.45) is 4.99 Å². The third-order valence-corrected chi connectivity index (χ3v) is 5.78. The molecule has 9 heteroatoms. The zero-order valence-corrected chi connectivity index (χ0v) is 20.7. The van der Waals surface area contributed by atoms with E-state index in [1.54, 1.807) is 11.3 Å². The second kappa shape index (κ2) is 13.2. The first kappa shape index (κ1) is 25.0. The molecule has 0 aliphatic carbocycles. The molecular weight excluding hydrogens is 516 g/mol. The summed E-state index contributed by atoms with van der Waals surface area (Å²) < 4.78 is 18.9. The number of nitrogens with zero attached hydrogens (tertiary/aromatic N) is 3. The summed E-state index contributed by atoms with van der Waals surface area (Å²) in [6.45, 7) is 9.42. The Balaban J connectivity index is 0.00000320. The quantitative estimate of drug-likeness (QED) is 0.302. The molecule has 30 heavy (non-hydrogen) atoms. The summed E-state index contributed by atoms with van der Waals surface area (Å²) in [4.78, 5) is 12.8. The van der Waals surface area contributed by atoms with Crippen LogP contribution in [0, 0.1) is 12.7 Å². The van der Waals surface area contributed by atoms with Gasteiger partial charge in [-0.15, -0.1) is 35.3 Å². The summed E-state index contributed by atoms with van der Waals surface area (Å²) in [6, 6.07) is 6.85. The maximum absolute atomic E-state index is 13.4. The number of hydrogen-bond acceptors (Lipinski definition) is 5. The molecule has 0 saturated carbocycles. The molecule has 1 aliphatic rings. The number of hydrogen-bond donors (Lipinski definition) is 2. The summed E-state index contributed by atoms with van der Waals surface area (Å²) >= 11 is 1.73. The zero-order chi connectivity index (χ0) is 20.5. The highest BCUT2D eigenvalue weighted by Crippen LogP contribution is 2.22. The van der Waals surface area contributed by atoms with Gasteiger partial charge in [-0.25, -0.2) is 9.37 Å². The Morgan fingerprint density at radius 1 is 1.27 bits per heavy atom. The molecule has 1 unspecified atom stereocenters. The first-order valence-electron chi connectivity index (χ1n) is 10.2. The largest absolute Gasteiger partial charge is 0.379 e. The van der Waals surface area contributed by atoms with Crippen LogP contribution in [0.4, 0.5) is 4.39 Å². The Bertz CT molecular complexity index is 780. The predicted molar refractivity (Wildman–Crippen MR) is 131 cm³/mol. The summed E-state index contributed by atoms with van der Waals surface area (Å²) in [6.07, 6.45) is 2.78. The fraction of sp³-hybridized carbons (Fsp3) is 0.524. The van der Waals surface area contributed by atoms with E-state index in [0.29, 0.717) is 19.8 Å². The summed E-state index contributed by atoms with van der Waals surface area (Å²) in [5.41, 5.74) is 1.08. The lowest BCUT2D eigenvalue weighted by Gasteiger charge is -2.34. The van der Waals surface area contributed by atoms with Crippen LogP contribution in [0.25, 0.3) is 0 Å². The molecule has 1 saturated heterocycles. The van der Waals surface area contributed by atoms with Crippen molar-refractivity contribution in [3.8, 4) is 0 Å². The molecule has 1 aromatic carbocycles. The van der Waals surface area contributed by atoms with Crippen molar-refractivity contribution in [1.82, 2.24) is 20.5 Å². The molecule has 0 spiro atoms. The first-order chi connectivity index (χ1) is 14.2. The van der Waals surface area contributed by atoms with E-state index in [1.165, 1.54) is 17.0 Å². The van der Waals surface area contributed by atoms with Gasteiger partial charge in [0.25, 0.3) is 0 Å². The smallest absolute Gasteiger partial charge is 0.191 e. The third-order valence-electron chi connectivity index (χ3n) is 4.81. The fourth-order valence-corrected chi connectivity index (χ4v) is 4.12. The van der Waals surface area contributed by atoms with Crippen LogP contribution in [0.2, 0.25) is 0 Å². The average Bonchev–Trinajstić information content (AvgIpc) is 3.15. The second-order valence-electron chi connectivity index (χ2n) is 6.98. The van der Waals surface area contributed by atoms with Gasteiger partial charge in [-0.05, 0) is 31.5 Å². The molecule has 1 aromatic heterocycles. The van der Waals surface area contributed by atoms with Crippen molar-refractivity contribution in [1.29, 1.82) is 0 Å². The van der Waals surface area contributed by atoms with Gasteiger partial charge in [0.05, 0.1) is 30.8 Å². The number of aromatic nitrogens is 1. The van der Waals surface area contributed by atoms with Gasteiger partial charge in [-0.2, -0.15) is 0 Å². The maximum Gasteiger partial charge on any atom is 0.191 e. The van der Waals surface area contributed by atoms with E-state index in [0.717, 1.165) is 49.1 Å². The minimum Gasteiger partial charge on any atom is -0.379 e. The van der Waals surface area contributed by atoms with Crippen LogP contribution < -0.4 is 10.6 Å². The Morgan fingerprint density at radius 2 is 2.00 bits per heavy atom. The molecule has 2 N–H and O–H groups in total. The van der Waals surface area contributed by atoms with Crippen LogP contribution in [0.15, 0.2) is 35.5 Å². The molecule has 6 nitrogen and oxygen atoms in total. The van der Waals surface area contributed by atoms with Crippen molar-refractivity contribution in [3.63, 3.8) is 0 Å². The highest BCUT2D eigenvalue weighted by molar-refractivity contribution is 14.0. The van der Waals surface area contributed by atoms with E-state index in [9.17, 15) is 4.39 Å². The molecule has 3 rings (SSSR count). The fourth-order valence-electron chi connectivity index (χ4n) is 3.33. The standard InChI is InChI=1S/C21H30FN5OS.HI/c1-3-23-21(24-9-8-20-25-14-16(2)29-20)26-15-19(27-10-12-28-13-11-27)17-4-6-18(22)7-5-17;/h4-7,14,19H,3,8-13,15H2,1-2H3,(H2,23,24,26);1H. The van der Waals surface area contributed by atoms with Gasteiger partial charge in [-0.1, -0.05) is 12.1 Å². The number of benzene rings is 1. The average molecular weight is 547 g/mol. The van der Waals surface area contributed by atoms with Gasteiger partial charge in [0.15, 0.2) is 5.96 Å². The van der Waals surface area contributed by atoms with Gasteiger partial charge < -0.3 is 15.4 Å². The lowest BCUT2D eigenvalue weighted by atomic mass is 10.0. The van der Waals surface area contributed by atoms with Crippen LogP contribution in [0.5, 0.6) is 0 Å². The zero-order valence-electron chi connectivity index (χ0n) is 17.6. The van der Waals surface area contributed by atoms with Gasteiger partial charge in [-0.3, -0.25) is 9.89 Å². The lowest BCUT2D eigenvalue weighted by Crippen LogP contribution is -2.42. The van der Waals surface area contributed by atoms with E-state index >= 15 is 0 Å². The van der Waals surface area contributed by atoms with Gasteiger partial charge >= 0.3 is 0 Å². The third kappa shape index (κ3) is 7.75. The number of guanidine groups is 1. The molecule has 1 atom stereocenters. The number of ether oxygens (including phenoxy) is 1. The highest BCUT2D eigenvalue weighted by atomic mass is 127. The van der Waals surface area contributed by atoms with Crippen LogP contribution in [0.3, 0.4) is 0 Å². The Kier molecular flexibility index (Phi) is 11.0. The normalized spacial score (nSPS) is 16.0. The maximum atomic E-state index is 13.4. The number of thiazole rings is 1. The molecule has 166 valence electrons. The number of aliphatic imine (C=N–C) groups is 1. The van der Waals surface area contributed by atoms with Crippen molar-refractivity contribution in [2.75, 3.05) is 45.9 Å². The van der Waals surface area contributed by atoms with Crippen LogP contribution >= 0.6 is 35.3 Å². The van der Waals surface area contributed by atoms with Gasteiger partial charge in [0.1, 0.15) is 5.82 Å². The van der Waals surface area contributed by atoms with Crippen LogP contribution in [0.1, 0.15) is 28.4 Å². The van der Waals surface area contributed by atoms with Gasteiger partial charge in [0, 0.05) is 43.7 Å². The van der Waals surface area contributed by atoms with E-state index in [4.69, 9.17) is 9.73 Å². The monoisotopic (exact) mass is 547 g/mol. The molecule has 0 radical (unpaired) electrons. The number of nitrogens with one attached hydrogen (secondary N) is 2. The molecule has 2 heterocycles. The SMILES string of the molecule is CCNC(=NCC(c1ccc(F)cc1)N1CCOCC1)NCCc1ncc(C)s1.I. The summed E-state index contributed by atoms with van der Waals surface area (Å²) in [5.74, 6) is 0.576. The first-order valence-corrected chi connectivity index (χ1v) is 11.0. The number of halogens is 2. The Morgan fingerprint density at radius 3 is 2.63 bits per heavy atom. The van der Waals surface area contributed by atoms with Crippen molar-refractivity contribution < 1.29 is 9.13 Å². The lowest BCUT2D eigenvalue weighted by molar-refractivity contribution is 0.0179. The van der Waals surface area contributed by atoms with Crippen molar-refractivity contribution >= 4 is 41.3 Å². The molecule has 1 aliphatic heterocycles. The van der Waals surface area contributed by atoms with E-state index in [1.807, 2.05) is 18.3 Å². The summed E-state index contributed by atoms with van der Waals surface area (Å²) in [5, 5.41) is 7.84. The number of morpholine rings is 1.